The van der Waals surface area contributed by atoms with Crippen molar-refractivity contribution in [2.75, 3.05) is 5.88 Å². The number of nitrogens with zero attached hydrogens (tertiary/aromatic N) is 2. The second-order valence-electron chi connectivity index (χ2n) is 4.87. The maximum atomic E-state index is 14.4. The van der Waals surface area contributed by atoms with Crippen LogP contribution in [0, 0.1) is 12.7 Å². The van der Waals surface area contributed by atoms with E-state index in [2.05, 4.69) is 4.98 Å². The highest BCUT2D eigenvalue weighted by Gasteiger charge is 2.16. The minimum absolute atomic E-state index is 0.0961. The van der Waals surface area contributed by atoms with Crippen molar-refractivity contribution in [3.05, 3.63) is 58.6 Å². The van der Waals surface area contributed by atoms with Crippen molar-refractivity contribution < 1.29 is 4.39 Å². The molecule has 0 atom stereocenters. The van der Waals surface area contributed by atoms with Gasteiger partial charge >= 0.3 is 0 Å². The van der Waals surface area contributed by atoms with E-state index < -0.39 is 5.82 Å². The summed E-state index contributed by atoms with van der Waals surface area (Å²) in [5.41, 5.74) is 3.16. The first kappa shape index (κ1) is 14.4. The van der Waals surface area contributed by atoms with E-state index in [4.69, 9.17) is 23.2 Å². The molecule has 0 radical (unpaired) electrons. The summed E-state index contributed by atoms with van der Waals surface area (Å²) in [6, 6.07) is 10.9. The van der Waals surface area contributed by atoms with Crippen molar-refractivity contribution in [2.24, 2.45) is 0 Å². The number of halogens is 3. The van der Waals surface area contributed by atoms with Gasteiger partial charge < -0.3 is 0 Å². The molecule has 0 bridgehead atoms. The van der Waals surface area contributed by atoms with Gasteiger partial charge in [-0.05, 0) is 36.8 Å². The van der Waals surface area contributed by atoms with Crippen molar-refractivity contribution in [2.45, 2.75) is 13.3 Å². The second-order valence-corrected chi connectivity index (χ2v) is 5.65. The molecule has 0 spiro atoms. The zero-order valence-corrected chi connectivity index (χ0v) is 12.9. The molecule has 0 aliphatic rings. The van der Waals surface area contributed by atoms with Crippen molar-refractivity contribution in [1.29, 1.82) is 0 Å². The summed E-state index contributed by atoms with van der Waals surface area (Å²) in [5.74, 6) is 0.701. The molecule has 1 aromatic heterocycles. The lowest BCUT2D eigenvalue weighted by Gasteiger charge is -2.10. The fourth-order valence-electron chi connectivity index (χ4n) is 2.42. The fourth-order valence-corrected chi connectivity index (χ4v) is 2.76. The maximum Gasteiger partial charge on any atom is 0.165 e. The molecule has 3 rings (SSSR count). The van der Waals surface area contributed by atoms with Crippen molar-refractivity contribution in [1.82, 2.24) is 9.55 Å². The molecule has 0 saturated heterocycles. The van der Waals surface area contributed by atoms with Gasteiger partial charge in [0.15, 0.2) is 5.82 Å². The van der Waals surface area contributed by atoms with Gasteiger partial charge in [-0.25, -0.2) is 9.37 Å². The second kappa shape index (κ2) is 5.66. The number of imidazole rings is 1. The van der Waals surface area contributed by atoms with Gasteiger partial charge in [0.05, 0.1) is 21.7 Å². The van der Waals surface area contributed by atoms with Crippen LogP contribution in [0.25, 0.3) is 16.7 Å². The molecule has 21 heavy (non-hydrogen) atoms. The van der Waals surface area contributed by atoms with Gasteiger partial charge in [-0.2, -0.15) is 0 Å². The van der Waals surface area contributed by atoms with Crippen LogP contribution in [0.5, 0.6) is 0 Å². The molecule has 108 valence electrons. The highest BCUT2D eigenvalue weighted by Crippen LogP contribution is 2.27. The van der Waals surface area contributed by atoms with Gasteiger partial charge in [0.2, 0.25) is 0 Å². The molecule has 3 aromatic rings. The first-order chi connectivity index (χ1) is 10.1. The average molecular weight is 323 g/mol. The Labute approximate surface area is 132 Å². The Bertz CT molecular complexity index is 811. The van der Waals surface area contributed by atoms with Gasteiger partial charge in [-0.1, -0.05) is 23.7 Å². The Balaban J connectivity index is 2.35. The molecule has 0 N–H and O–H groups in total. The molecular formula is C16H13Cl2FN2. The number of alkyl halides is 1. The molecule has 0 saturated carbocycles. The number of rotatable bonds is 3. The topological polar surface area (TPSA) is 17.8 Å². The maximum absolute atomic E-state index is 14.4. The third-order valence-electron chi connectivity index (χ3n) is 3.37. The van der Waals surface area contributed by atoms with Crippen LogP contribution < -0.4 is 0 Å². The lowest BCUT2D eigenvalue weighted by Crippen LogP contribution is -2.04. The van der Waals surface area contributed by atoms with Crippen LogP contribution in [0.2, 0.25) is 5.02 Å². The van der Waals surface area contributed by atoms with Crippen LogP contribution in [0.3, 0.4) is 0 Å². The van der Waals surface area contributed by atoms with Gasteiger partial charge in [-0.15, -0.1) is 11.6 Å². The van der Waals surface area contributed by atoms with E-state index >= 15 is 0 Å². The fraction of sp³-hybridized carbons (Fsp3) is 0.188. The van der Waals surface area contributed by atoms with Gasteiger partial charge in [0, 0.05) is 12.3 Å². The SMILES string of the molecule is Cc1ccc2nc(CCCl)n(-c3cccc(Cl)c3F)c2c1. The van der Waals surface area contributed by atoms with E-state index in [0.717, 1.165) is 22.4 Å². The summed E-state index contributed by atoms with van der Waals surface area (Å²) < 4.78 is 16.2. The minimum atomic E-state index is -0.448. The third kappa shape index (κ3) is 2.52. The van der Waals surface area contributed by atoms with Crippen molar-refractivity contribution in [3.63, 3.8) is 0 Å². The Morgan fingerprint density at radius 2 is 2.05 bits per heavy atom. The Morgan fingerprint density at radius 1 is 1.24 bits per heavy atom. The number of hydrogen-bond acceptors (Lipinski definition) is 1. The minimum Gasteiger partial charge on any atom is -0.293 e. The van der Waals surface area contributed by atoms with E-state index in [-0.39, 0.29) is 5.02 Å². The molecule has 0 amide bonds. The first-order valence-electron chi connectivity index (χ1n) is 6.60. The zero-order valence-electron chi connectivity index (χ0n) is 11.4. The van der Waals surface area contributed by atoms with E-state index in [0.29, 0.717) is 18.0 Å². The van der Waals surface area contributed by atoms with Crippen molar-refractivity contribution >= 4 is 34.2 Å². The van der Waals surface area contributed by atoms with E-state index in [1.165, 1.54) is 6.07 Å². The standard InChI is InChI=1S/C16H13Cl2FN2/c1-10-5-6-12-14(9-10)21(15(20-12)7-8-17)13-4-2-3-11(18)16(13)19/h2-6,9H,7-8H2,1H3. The predicted octanol–water partition coefficient (Wildman–Crippen LogP) is 4.91. The lowest BCUT2D eigenvalue weighted by atomic mass is 10.2. The van der Waals surface area contributed by atoms with E-state index in [1.807, 2.05) is 25.1 Å². The molecular weight excluding hydrogens is 310 g/mol. The molecule has 0 fully saturated rings. The smallest absolute Gasteiger partial charge is 0.165 e. The molecule has 0 aliphatic heterocycles. The van der Waals surface area contributed by atoms with E-state index in [9.17, 15) is 4.39 Å². The van der Waals surface area contributed by atoms with Gasteiger partial charge in [0.25, 0.3) is 0 Å². The summed E-state index contributed by atoms with van der Waals surface area (Å²) in [7, 11) is 0. The van der Waals surface area contributed by atoms with Crippen LogP contribution in [-0.4, -0.2) is 15.4 Å². The Kier molecular flexibility index (Phi) is 3.87. The zero-order chi connectivity index (χ0) is 15.0. The van der Waals surface area contributed by atoms with Gasteiger partial charge in [-0.3, -0.25) is 4.57 Å². The molecule has 2 nitrogen and oxygen atoms in total. The summed E-state index contributed by atoms with van der Waals surface area (Å²) in [6.45, 7) is 1.99. The highest BCUT2D eigenvalue weighted by atomic mass is 35.5. The summed E-state index contributed by atoms with van der Waals surface area (Å²) >= 11 is 11.8. The molecule has 1 heterocycles. The lowest BCUT2D eigenvalue weighted by molar-refractivity contribution is 0.617. The Morgan fingerprint density at radius 3 is 2.81 bits per heavy atom. The first-order valence-corrected chi connectivity index (χ1v) is 7.51. The molecule has 5 heteroatoms. The van der Waals surface area contributed by atoms with E-state index in [1.54, 1.807) is 16.7 Å². The highest BCUT2D eigenvalue weighted by molar-refractivity contribution is 6.30. The number of benzene rings is 2. The third-order valence-corrected chi connectivity index (χ3v) is 3.85. The largest absolute Gasteiger partial charge is 0.293 e. The number of hydrogen-bond donors (Lipinski definition) is 0. The van der Waals surface area contributed by atoms with Crippen LogP contribution in [0.15, 0.2) is 36.4 Å². The molecule has 0 unspecified atom stereocenters. The molecule has 2 aromatic carbocycles. The predicted molar refractivity (Wildman–Crippen MR) is 85.2 cm³/mol. The van der Waals surface area contributed by atoms with Gasteiger partial charge in [0.1, 0.15) is 5.82 Å². The van der Waals surface area contributed by atoms with Crippen molar-refractivity contribution in [3.8, 4) is 5.69 Å². The normalized spacial score (nSPS) is 11.2. The summed E-state index contributed by atoms with van der Waals surface area (Å²) in [6.07, 6.45) is 0.557. The Hall–Kier alpha value is -1.58. The van der Waals surface area contributed by atoms with Crippen LogP contribution in [-0.2, 0) is 6.42 Å². The van der Waals surface area contributed by atoms with Crippen LogP contribution >= 0.6 is 23.2 Å². The average Bonchev–Trinajstić information content (AvgIpc) is 2.80. The summed E-state index contributed by atoms with van der Waals surface area (Å²) in [5, 5.41) is 0.0961. The quantitative estimate of drug-likeness (QED) is 0.626. The number of aromatic nitrogens is 2. The van der Waals surface area contributed by atoms with Crippen LogP contribution in [0.4, 0.5) is 4.39 Å². The number of aryl methyl sites for hydroxylation is 2. The van der Waals surface area contributed by atoms with Crippen LogP contribution in [0.1, 0.15) is 11.4 Å². The number of fused-ring (bicyclic) bond motifs is 1. The monoisotopic (exact) mass is 322 g/mol. The summed E-state index contributed by atoms with van der Waals surface area (Å²) in [4.78, 5) is 4.56. The molecule has 0 aliphatic carbocycles.